The van der Waals surface area contributed by atoms with E-state index in [0.29, 0.717) is 6.67 Å². The van der Waals surface area contributed by atoms with E-state index < -0.39 is 0 Å². The van der Waals surface area contributed by atoms with Crippen molar-refractivity contribution in [3.05, 3.63) is 5.21 Å². The molecule has 0 aromatic heterocycles. The third kappa shape index (κ3) is 2.10. The first-order valence-corrected chi connectivity index (χ1v) is 5.39. The minimum atomic E-state index is -0.194. The zero-order valence-corrected chi connectivity index (χ0v) is 10.4. The van der Waals surface area contributed by atoms with Crippen LogP contribution in [0, 0.1) is 5.21 Å². The zero-order chi connectivity index (χ0) is 11.2. The van der Waals surface area contributed by atoms with Gasteiger partial charge in [0.15, 0.2) is 0 Å². The van der Waals surface area contributed by atoms with Crippen molar-refractivity contribution < 1.29 is 4.65 Å². The molecule has 0 radical (unpaired) electrons. The highest BCUT2D eigenvalue weighted by molar-refractivity contribution is 4.80. The van der Waals surface area contributed by atoms with E-state index in [1.165, 1.54) is 0 Å². The van der Waals surface area contributed by atoms with Crippen LogP contribution < -0.4 is 0 Å². The number of quaternary nitrogens is 1. The van der Waals surface area contributed by atoms with Gasteiger partial charge in [-0.15, -0.1) is 0 Å². The quantitative estimate of drug-likeness (QED) is 0.442. The standard InChI is InChI=1S/C11H24N2O/c1-10(2,3)12-7-8-13(14,9-12)11(4,5)6/h7-9H2,1-6H3. The normalized spacial score (nSPS) is 31.1. The summed E-state index contributed by atoms with van der Waals surface area (Å²) in [6.07, 6.45) is 0. The summed E-state index contributed by atoms with van der Waals surface area (Å²) in [7, 11) is 0. The predicted molar refractivity (Wildman–Crippen MR) is 59.6 cm³/mol. The van der Waals surface area contributed by atoms with E-state index in [-0.39, 0.29) is 15.7 Å². The molecule has 1 fully saturated rings. The summed E-state index contributed by atoms with van der Waals surface area (Å²) in [6, 6.07) is 0. The maximum atomic E-state index is 12.5. The van der Waals surface area contributed by atoms with Gasteiger partial charge in [-0.05, 0) is 41.5 Å². The zero-order valence-electron chi connectivity index (χ0n) is 10.4. The van der Waals surface area contributed by atoms with Crippen LogP contribution in [0.25, 0.3) is 0 Å². The van der Waals surface area contributed by atoms with Gasteiger partial charge in [-0.1, -0.05) is 0 Å². The maximum absolute atomic E-state index is 12.5. The lowest BCUT2D eigenvalue weighted by atomic mass is 10.1. The van der Waals surface area contributed by atoms with Gasteiger partial charge in [-0.25, -0.2) is 4.90 Å². The molecule has 0 aromatic rings. The molecule has 0 saturated carbocycles. The SMILES string of the molecule is CC(C)(C)N1CC[N+]([O-])(C(C)(C)C)C1. The van der Waals surface area contributed by atoms with Crippen molar-refractivity contribution in [2.75, 3.05) is 19.8 Å². The minimum Gasteiger partial charge on any atom is -0.631 e. The Bertz CT molecular complexity index is 214. The monoisotopic (exact) mass is 200 g/mol. The van der Waals surface area contributed by atoms with Crippen molar-refractivity contribution in [2.24, 2.45) is 0 Å². The van der Waals surface area contributed by atoms with Crippen molar-refractivity contribution in [1.82, 2.24) is 4.90 Å². The highest BCUT2D eigenvalue weighted by atomic mass is 16.6. The van der Waals surface area contributed by atoms with Gasteiger partial charge in [0.05, 0.1) is 18.6 Å². The molecule has 1 aliphatic heterocycles. The third-order valence-electron chi connectivity index (χ3n) is 3.30. The molecule has 84 valence electrons. The summed E-state index contributed by atoms with van der Waals surface area (Å²) in [4.78, 5) is 2.28. The third-order valence-corrected chi connectivity index (χ3v) is 3.30. The van der Waals surface area contributed by atoms with Gasteiger partial charge in [0, 0.05) is 5.54 Å². The fraction of sp³-hybridized carbons (Fsp3) is 1.00. The summed E-state index contributed by atoms with van der Waals surface area (Å²) in [5.74, 6) is 0. The molecule has 1 heterocycles. The Labute approximate surface area is 87.9 Å². The molecule has 3 heteroatoms. The lowest BCUT2D eigenvalue weighted by Crippen LogP contribution is -2.56. The average molecular weight is 200 g/mol. The van der Waals surface area contributed by atoms with Crippen molar-refractivity contribution in [1.29, 1.82) is 0 Å². The van der Waals surface area contributed by atoms with Gasteiger partial charge >= 0.3 is 0 Å². The van der Waals surface area contributed by atoms with Crippen molar-refractivity contribution in [3.8, 4) is 0 Å². The molecule has 0 N–H and O–H groups in total. The number of hydrogen-bond donors (Lipinski definition) is 0. The number of rotatable bonds is 0. The van der Waals surface area contributed by atoms with Crippen LogP contribution in [0.5, 0.6) is 0 Å². The van der Waals surface area contributed by atoms with E-state index in [9.17, 15) is 5.21 Å². The summed E-state index contributed by atoms with van der Waals surface area (Å²) in [6.45, 7) is 14.9. The van der Waals surface area contributed by atoms with E-state index >= 15 is 0 Å². The van der Waals surface area contributed by atoms with E-state index in [0.717, 1.165) is 13.1 Å². The first kappa shape index (κ1) is 12.0. The van der Waals surface area contributed by atoms with Crippen LogP contribution >= 0.6 is 0 Å². The molecule has 3 nitrogen and oxygen atoms in total. The maximum Gasteiger partial charge on any atom is 0.135 e. The largest absolute Gasteiger partial charge is 0.631 e. The van der Waals surface area contributed by atoms with E-state index in [2.05, 4.69) is 25.7 Å². The molecule has 1 rings (SSSR count). The second-order valence-electron chi connectivity index (χ2n) is 6.36. The fourth-order valence-corrected chi connectivity index (χ4v) is 1.79. The van der Waals surface area contributed by atoms with Crippen LogP contribution in [0.4, 0.5) is 0 Å². The Hall–Kier alpha value is -0.120. The molecule has 0 amide bonds. The smallest absolute Gasteiger partial charge is 0.135 e. The Balaban J connectivity index is 2.75. The molecule has 1 unspecified atom stereocenters. The second kappa shape index (κ2) is 3.19. The topological polar surface area (TPSA) is 26.3 Å². The molecule has 0 bridgehead atoms. The van der Waals surface area contributed by atoms with E-state index in [4.69, 9.17) is 0 Å². The number of nitrogens with zero attached hydrogens (tertiary/aromatic N) is 2. The van der Waals surface area contributed by atoms with Gasteiger partial charge in [-0.2, -0.15) is 0 Å². The van der Waals surface area contributed by atoms with E-state index in [1.54, 1.807) is 0 Å². The Morgan fingerprint density at radius 3 is 1.79 bits per heavy atom. The van der Waals surface area contributed by atoms with E-state index in [1.807, 2.05) is 20.8 Å². The molecule has 14 heavy (non-hydrogen) atoms. The molecule has 0 aromatic carbocycles. The van der Waals surface area contributed by atoms with Crippen LogP contribution in [0.15, 0.2) is 0 Å². The highest BCUT2D eigenvalue weighted by Gasteiger charge is 2.42. The van der Waals surface area contributed by atoms with Crippen molar-refractivity contribution in [3.63, 3.8) is 0 Å². The molecular weight excluding hydrogens is 176 g/mol. The summed E-state index contributed by atoms with van der Waals surface area (Å²) >= 11 is 0. The lowest BCUT2D eigenvalue weighted by Gasteiger charge is -2.50. The summed E-state index contributed by atoms with van der Waals surface area (Å²) < 4.78 is -0.0791. The lowest BCUT2D eigenvalue weighted by molar-refractivity contribution is -0.919. The first-order chi connectivity index (χ1) is 6.06. The van der Waals surface area contributed by atoms with Gasteiger partial charge in [0.1, 0.15) is 6.67 Å². The minimum absolute atomic E-state index is 0.0791. The summed E-state index contributed by atoms with van der Waals surface area (Å²) in [5, 5.41) is 12.5. The Morgan fingerprint density at radius 1 is 1.07 bits per heavy atom. The fourth-order valence-electron chi connectivity index (χ4n) is 1.79. The Morgan fingerprint density at radius 2 is 1.57 bits per heavy atom. The van der Waals surface area contributed by atoms with Crippen molar-refractivity contribution >= 4 is 0 Å². The van der Waals surface area contributed by atoms with Crippen LogP contribution in [0.1, 0.15) is 41.5 Å². The molecule has 1 atom stereocenters. The number of hydroxylamine groups is 3. The highest BCUT2D eigenvalue weighted by Crippen LogP contribution is 2.31. The molecule has 1 saturated heterocycles. The predicted octanol–water partition coefficient (Wildman–Crippen LogP) is 2.17. The molecule has 0 spiro atoms. The number of hydrogen-bond acceptors (Lipinski definition) is 2. The van der Waals surface area contributed by atoms with Crippen LogP contribution in [-0.2, 0) is 0 Å². The van der Waals surface area contributed by atoms with Crippen LogP contribution in [0.3, 0.4) is 0 Å². The van der Waals surface area contributed by atoms with Crippen LogP contribution in [0.2, 0.25) is 0 Å². The van der Waals surface area contributed by atoms with Gasteiger partial charge in [0.25, 0.3) is 0 Å². The molecule has 1 aliphatic rings. The average Bonchev–Trinajstić information content (AvgIpc) is 2.29. The first-order valence-electron chi connectivity index (χ1n) is 5.39. The summed E-state index contributed by atoms with van der Waals surface area (Å²) in [5.41, 5.74) is -0.0737. The van der Waals surface area contributed by atoms with Gasteiger partial charge in [0.2, 0.25) is 0 Å². The second-order valence-corrected chi connectivity index (χ2v) is 6.36. The van der Waals surface area contributed by atoms with Gasteiger partial charge in [-0.3, -0.25) is 0 Å². The molecule has 0 aliphatic carbocycles. The van der Waals surface area contributed by atoms with Gasteiger partial charge < -0.3 is 9.85 Å². The van der Waals surface area contributed by atoms with Crippen LogP contribution in [-0.4, -0.2) is 40.4 Å². The van der Waals surface area contributed by atoms with Crippen molar-refractivity contribution in [2.45, 2.75) is 52.6 Å². The Kier molecular flexibility index (Phi) is 2.72. The molecular formula is C11H24N2O.